The van der Waals surface area contributed by atoms with Gasteiger partial charge in [-0.1, -0.05) is 6.92 Å². The molecule has 0 spiro atoms. The van der Waals surface area contributed by atoms with E-state index in [0.29, 0.717) is 12.8 Å². The molecule has 1 atom stereocenters. The van der Waals surface area contributed by atoms with Crippen molar-refractivity contribution in [3.8, 4) is 5.75 Å². The van der Waals surface area contributed by atoms with Gasteiger partial charge >= 0.3 is 0 Å². The second-order valence-electron chi connectivity index (χ2n) is 4.29. The molecule has 1 amide bonds. The number of aromatic nitrogens is 1. The van der Waals surface area contributed by atoms with Crippen LogP contribution in [0.4, 0.5) is 0 Å². The number of hydrogen-bond acceptors (Lipinski definition) is 4. The Balaban J connectivity index is 2.58. The van der Waals surface area contributed by atoms with Gasteiger partial charge in [-0.05, 0) is 38.8 Å². The van der Waals surface area contributed by atoms with Gasteiger partial charge in [0.15, 0.2) is 0 Å². The molecule has 100 valence electrons. The molecule has 0 radical (unpaired) electrons. The average molecular weight is 251 g/mol. The molecule has 5 nitrogen and oxygen atoms in total. The first-order valence-electron chi connectivity index (χ1n) is 6.19. The predicted molar refractivity (Wildman–Crippen MR) is 70.0 cm³/mol. The Bertz CT molecular complexity index is 407. The number of carbonyl (C=O) groups is 1. The molecule has 0 saturated heterocycles. The highest BCUT2D eigenvalue weighted by Gasteiger charge is 2.10. The van der Waals surface area contributed by atoms with Gasteiger partial charge in [0.25, 0.3) is 0 Å². The summed E-state index contributed by atoms with van der Waals surface area (Å²) in [5.74, 6) is 5.64. The summed E-state index contributed by atoms with van der Waals surface area (Å²) in [7, 11) is 0. The molecule has 3 N–H and O–H groups in total. The van der Waals surface area contributed by atoms with Gasteiger partial charge < -0.3 is 4.74 Å². The number of pyridine rings is 1. The van der Waals surface area contributed by atoms with Crippen LogP contribution in [0.15, 0.2) is 12.1 Å². The van der Waals surface area contributed by atoms with Crippen LogP contribution in [0.3, 0.4) is 0 Å². The van der Waals surface area contributed by atoms with Crippen molar-refractivity contribution in [3.05, 3.63) is 23.5 Å². The van der Waals surface area contributed by atoms with Crippen molar-refractivity contribution in [1.29, 1.82) is 0 Å². The number of amides is 1. The van der Waals surface area contributed by atoms with Crippen molar-refractivity contribution in [2.75, 3.05) is 0 Å². The van der Waals surface area contributed by atoms with Crippen molar-refractivity contribution in [2.24, 2.45) is 5.84 Å². The minimum Gasteiger partial charge on any atom is -0.489 e. The van der Waals surface area contributed by atoms with Gasteiger partial charge in [-0.2, -0.15) is 0 Å². The van der Waals surface area contributed by atoms with Crippen LogP contribution < -0.4 is 16.0 Å². The zero-order valence-electron chi connectivity index (χ0n) is 11.2. The Morgan fingerprint density at radius 1 is 1.56 bits per heavy atom. The van der Waals surface area contributed by atoms with Gasteiger partial charge in [0.05, 0.1) is 11.8 Å². The lowest BCUT2D eigenvalue weighted by Crippen LogP contribution is -2.30. The second-order valence-corrected chi connectivity index (χ2v) is 4.29. The maximum atomic E-state index is 11.0. The third-order valence-corrected chi connectivity index (χ3v) is 2.67. The van der Waals surface area contributed by atoms with Crippen molar-refractivity contribution >= 4 is 5.91 Å². The van der Waals surface area contributed by atoms with Crippen LogP contribution in [0.5, 0.6) is 5.75 Å². The lowest BCUT2D eigenvalue weighted by atomic mass is 10.2. The molecular formula is C13H21N3O2. The summed E-state index contributed by atoms with van der Waals surface area (Å²) in [6.07, 6.45) is 1.77. The number of rotatable bonds is 6. The molecular weight excluding hydrogens is 230 g/mol. The van der Waals surface area contributed by atoms with Crippen LogP contribution in [0, 0.1) is 6.92 Å². The largest absolute Gasteiger partial charge is 0.489 e. The first-order chi connectivity index (χ1) is 8.56. The van der Waals surface area contributed by atoms with Gasteiger partial charge in [-0.3, -0.25) is 15.2 Å². The Hall–Kier alpha value is -1.62. The predicted octanol–water partition coefficient (Wildman–Crippen LogP) is 1.49. The molecule has 0 aromatic carbocycles. The molecule has 1 aromatic rings. The number of hydrogen-bond donors (Lipinski definition) is 2. The summed E-state index contributed by atoms with van der Waals surface area (Å²) in [4.78, 5) is 15.5. The molecule has 0 bridgehead atoms. The number of aryl methyl sites for hydroxylation is 2. The van der Waals surface area contributed by atoms with E-state index >= 15 is 0 Å². The quantitative estimate of drug-likeness (QED) is 0.456. The van der Waals surface area contributed by atoms with Crippen molar-refractivity contribution in [3.63, 3.8) is 0 Å². The first kappa shape index (κ1) is 14.4. The van der Waals surface area contributed by atoms with E-state index in [-0.39, 0.29) is 12.0 Å². The SMILES string of the molecule is CCc1nc(C)ccc1OC(C)CCC(=O)NN. The van der Waals surface area contributed by atoms with Gasteiger partial charge in [0.1, 0.15) is 5.75 Å². The smallest absolute Gasteiger partial charge is 0.234 e. The number of ether oxygens (including phenoxy) is 1. The average Bonchev–Trinajstić information content (AvgIpc) is 2.37. The highest BCUT2D eigenvalue weighted by molar-refractivity contribution is 5.75. The van der Waals surface area contributed by atoms with E-state index in [0.717, 1.165) is 23.6 Å². The number of hydrazine groups is 1. The molecule has 0 fully saturated rings. The Morgan fingerprint density at radius 2 is 2.28 bits per heavy atom. The molecule has 0 aliphatic carbocycles. The number of nitrogens with one attached hydrogen (secondary N) is 1. The molecule has 1 unspecified atom stereocenters. The zero-order valence-corrected chi connectivity index (χ0v) is 11.2. The second kappa shape index (κ2) is 6.96. The van der Waals surface area contributed by atoms with E-state index in [2.05, 4.69) is 10.4 Å². The standard InChI is InChI=1S/C13H21N3O2/c1-4-11-12(7-5-9(2)15-11)18-10(3)6-8-13(17)16-14/h5,7,10H,4,6,8,14H2,1-3H3,(H,16,17). The highest BCUT2D eigenvalue weighted by atomic mass is 16.5. The summed E-state index contributed by atoms with van der Waals surface area (Å²) >= 11 is 0. The van der Waals surface area contributed by atoms with Gasteiger partial charge in [-0.15, -0.1) is 0 Å². The fraction of sp³-hybridized carbons (Fsp3) is 0.538. The molecule has 0 saturated carbocycles. The lowest BCUT2D eigenvalue weighted by Gasteiger charge is -2.16. The zero-order chi connectivity index (χ0) is 13.5. The monoisotopic (exact) mass is 251 g/mol. The fourth-order valence-electron chi connectivity index (χ4n) is 1.64. The molecule has 0 aliphatic rings. The first-order valence-corrected chi connectivity index (χ1v) is 6.19. The summed E-state index contributed by atoms with van der Waals surface area (Å²) in [5, 5.41) is 0. The Kier molecular flexibility index (Phi) is 5.58. The van der Waals surface area contributed by atoms with E-state index in [4.69, 9.17) is 10.6 Å². The Labute approximate surface area is 108 Å². The normalized spacial score (nSPS) is 12.0. The summed E-state index contributed by atoms with van der Waals surface area (Å²) in [6.45, 7) is 5.93. The van der Waals surface area contributed by atoms with E-state index in [1.165, 1.54) is 0 Å². The van der Waals surface area contributed by atoms with E-state index < -0.39 is 0 Å². The number of carbonyl (C=O) groups excluding carboxylic acids is 1. The van der Waals surface area contributed by atoms with Crippen LogP contribution >= 0.6 is 0 Å². The fourth-order valence-corrected chi connectivity index (χ4v) is 1.64. The van der Waals surface area contributed by atoms with E-state index in [1.54, 1.807) is 0 Å². The molecule has 5 heteroatoms. The maximum Gasteiger partial charge on any atom is 0.234 e. The summed E-state index contributed by atoms with van der Waals surface area (Å²) in [5.41, 5.74) is 4.04. The maximum absolute atomic E-state index is 11.0. The van der Waals surface area contributed by atoms with E-state index in [9.17, 15) is 4.79 Å². The van der Waals surface area contributed by atoms with Gasteiger partial charge in [-0.25, -0.2) is 5.84 Å². The molecule has 1 aromatic heterocycles. The lowest BCUT2D eigenvalue weighted by molar-refractivity contribution is -0.121. The molecule has 0 aliphatic heterocycles. The highest BCUT2D eigenvalue weighted by Crippen LogP contribution is 2.20. The van der Waals surface area contributed by atoms with Crippen LogP contribution in [0.25, 0.3) is 0 Å². The summed E-state index contributed by atoms with van der Waals surface area (Å²) in [6, 6.07) is 3.86. The number of nitrogens with two attached hydrogens (primary N) is 1. The minimum absolute atomic E-state index is 0.0443. The van der Waals surface area contributed by atoms with Crippen LogP contribution in [0.2, 0.25) is 0 Å². The van der Waals surface area contributed by atoms with Gasteiger partial charge in [0, 0.05) is 12.1 Å². The Morgan fingerprint density at radius 3 is 2.89 bits per heavy atom. The molecule has 1 heterocycles. The topological polar surface area (TPSA) is 77.2 Å². The third kappa shape index (κ3) is 4.33. The van der Waals surface area contributed by atoms with Gasteiger partial charge in [0.2, 0.25) is 5.91 Å². The molecule has 18 heavy (non-hydrogen) atoms. The number of nitrogens with zero attached hydrogens (tertiary/aromatic N) is 1. The van der Waals surface area contributed by atoms with Crippen LogP contribution in [-0.4, -0.2) is 17.0 Å². The van der Waals surface area contributed by atoms with Crippen molar-refractivity contribution < 1.29 is 9.53 Å². The molecule has 1 rings (SSSR count). The van der Waals surface area contributed by atoms with E-state index in [1.807, 2.05) is 32.9 Å². The van der Waals surface area contributed by atoms with Crippen LogP contribution in [-0.2, 0) is 11.2 Å². The third-order valence-electron chi connectivity index (χ3n) is 2.67. The van der Waals surface area contributed by atoms with Crippen LogP contribution in [0.1, 0.15) is 38.1 Å². The van der Waals surface area contributed by atoms with Crippen molar-refractivity contribution in [1.82, 2.24) is 10.4 Å². The van der Waals surface area contributed by atoms with Crippen molar-refractivity contribution in [2.45, 2.75) is 46.1 Å². The summed E-state index contributed by atoms with van der Waals surface area (Å²) < 4.78 is 5.80. The minimum atomic E-state index is -0.178.